The zero-order valence-electron chi connectivity index (χ0n) is 18.9. The molecule has 0 aromatic carbocycles. The summed E-state index contributed by atoms with van der Waals surface area (Å²) in [5, 5.41) is 9.03. The van der Waals surface area contributed by atoms with Crippen molar-refractivity contribution in [2.45, 2.75) is 86.8 Å². The van der Waals surface area contributed by atoms with Gasteiger partial charge in [-0.15, -0.1) is 11.3 Å². The van der Waals surface area contributed by atoms with Crippen LogP contribution in [0.1, 0.15) is 82.4 Å². The van der Waals surface area contributed by atoms with Gasteiger partial charge in [-0.3, -0.25) is 4.79 Å². The molecule has 1 N–H and O–H groups in total. The van der Waals surface area contributed by atoms with E-state index >= 15 is 0 Å². The maximum absolute atomic E-state index is 13.3. The van der Waals surface area contributed by atoms with E-state index in [0.29, 0.717) is 36.2 Å². The first-order valence-electron chi connectivity index (χ1n) is 12.2. The van der Waals surface area contributed by atoms with E-state index < -0.39 is 10.0 Å². The number of aromatic nitrogens is 2. The Bertz CT molecular complexity index is 1070. The average Bonchev–Trinajstić information content (AvgIpc) is 3.61. The molecule has 3 heterocycles. The molecular weight excluding hydrogens is 460 g/mol. The fraction of sp³-hybridized carbons (Fsp3) is 0.696. The van der Waals surface area contributed by atoms with Gasteiger partial charge in [-0.1, -0.05) is 37.3 Å². The summed E-state index contributed by atoms with van der Waals surface area (Å²) in [6.07, 6.45) is 11.5. The lowest BCUT2D eigenvalue weighted by atomic mass is 9.93. The molecule has 1 atom stereocenters. The van der Waals surface area contributed by atoms with Gasteiger partial charge in [0.1, 0.15) is 4.21 Å². The summed E-state index contributed by atoms with van der Waals surface area (Å²) in [4.78, 5) is 17.3. The van der Waals surface area contributed by atoms with Crippen LogP contribution >= 0.6 is 11.3 Å². The number of sulfonamides is 1. The van der Waals surface area contributed by atoms with Gasteiger partial charge in [-0.05, 0) is 44.6 Å². The molecule has 10 heteroatoms. The van der Waals surface area contributed by atoms with Crippen LogP contribution in [0.5, 0.6) is 0 Å². The third kappa shape index (κ3) is 5.02. The lowest BCUT2D eigenvalue weighted by Gasteiger charge is -2.32. The van der Waals surface area contributed by atoms with Gasteiger partial charge in [0.05, 0.1) is 5.92 Å². The second-order valence-electron chi connectivity index (χ2n) is 9.64. The highest BCUT2D eigenvalue weighted by Crippen LogP contribution is 2.35. The van der Waals surface area contributed by atoms with Crippen LogP contribution in [0, 0.1) is 5.92 Å². The topological polar surface area (TPSA) is 105 Å². The third-order valence-corrected chi connectivity index (χ3v) is 10.6. The number of thiophene rings is 1. The molecule has 0 radical (unpaired) electrons. The van der Waals surface area contributed by atoms with Gasteiger partial charge in [-0.25, -0.2) is 8.42 Å². The molecule has 1 amide bonds. The minimum absolute atomic E-state index is 0.0000853. The first-order valence-corrected chi connectivity index (χ1v) is 14.6. The molecule has 5 rings (SSSR count). The van der Waals surface area contributed by atoms with Crippen molar-refractivity contribution < 1.29 is 17.7 Å². The predicted octanol–water partition coefficient (Wildman–Crippen LogP) is 4.31. The van der Waals surface area contributed by atoms with E-state index in [1.54, 1.807) is 11.4 Å². The molecule has 2 aromatic rings. The summed E-state index contributed by atoms with van der Waals surface area (Å²) in [6, 6.07) is 1.87. The Labute approximate surface area is 199 Å². The van der Waals surface area contributed by atoms with Crippen LogP contribution in [0.25, 0.3) is 11.4 Å². The van der Waals surface area contributed by atoms with E-state index in [0.717, 1.165) is 44.9 Å². The van der Waals surface area contributed by atoms with Gasteiger partial charge in [-0.2, -0.15) is 9.29 Å². The molecule has 1 saturated heterocycles. The number of rotatable bonds is 6. The first kappa shape index (κ1) is 23.0. The van der Waals surface area contributed by atoms with E-state index in [1.807, 2.05) is 0 Å². The Morgan fingerprint density at radius 1 is 1.06 bits per heavy atom. The summed E-state index contributed by atoms with van der Waals surface area (Å²) in [5.41, 5.74) is 0.662. The van der Waals surface area contributed by atoms with Crippen LogP contribution in [-0.2, 0) is 14.8 Å². The molecule has 0 unspecified atom stereocenters. The second kappa shape index (κ2) is 9.84. The van der Waals surface area contributed by atoms with Gasteiger partial charge < -0.3 is 9.84 Å². The molecule has 3 fully saturated rings. The summed E-state index contributed by atoms with van der Waals surface area (Å²) in [5.74, 6) is 1.12. The predicted molar refractivity (Wildman–Crippen MR) is 125 cm³/mol. The van der Waals surface area contributed by atoms with Crippen molar-refractivity contribution in [3.05, 3.63) is 17.3 Å². The highest BCUT2D eigenvalue weighted by atomic mass is 32.2. The fourth-order valence-electron chi connectivity index (χ4n) is 5.33. The molecule has 2 aromatic heterocycles. The number of nitrogens with zero attached hydrogens (tertiary/aromatic N) is 3. The van der Waals surface area contributed by atoms with Crippen molar-refractivity contribution in [3.8, 4) is 11.4 Å². The Morgan fingerprint density at radius 2 is 1.82 bits per heavy atom. The highest BCUT2D eigenvalue weighted by molar-refractivity contribution is 7.91. The van der Waals surface area contributed by atoms with Crippen molar-refractivity contribution in [2.75, 3.05) is 13.1 Å². The van der Waals surface area contributed by atoms with E-state index in [1.165, 1.54) is 34.9 Å². The lowest BCUT2D eigenvalue weighted by molar-refractivity contribution is -0.127. The van der Waals surface area contributed by atoms with Crippen molar-refractivity contribution >= 4 is 27.3 Å². The number of carbonyl (C=O) groups is 1. The van der Waals surface area contributed by atoms with Gasteiger partial charge in [0, 0.05) is 36.0 Å². The van der Waals surface area contributed by atoms with Gasteiger partial charge >= 0.3 is 0 Å². The van der Waals surface area contributed by atoms with Crippen LogP contribution in [0.3, 0.4) is 0 Å². The molecule has 0 spiro atoms. The van der Waals surface area contributed by atoms with Crippen molar-refractivity contribution in [3.63, 3.8) is 0 Å². The molecule has 8 nitrogen and oxygen atoms in total. The van der Waals surface area contributed by atoms with E-state index in [-0.39, 0.29) is 28.6 Å². The van der Waals surface area contributed by atoms with Crippen LogP contribution in [0.15, 0.2) is 20.2 Å². The Balaban J connectivity index is 1.25. The fourth-order valence-corrected chi connectivity index (χ4v) is 8.16. The lowest BCUT2D eigenvalue weighted by Crippen LogP contribution is -2.47. The van der Waals surface area contributed by atoms with E-state index in [2.05, 4.69) is 15.5 Å². The maximum atomic E-state index is 13.3. The summed E-state index contributed by atoms with van der Waals surface area (Å²) in [7, 11) is -3.67. The maximum Gasteiger partial charge on any atom is 0.252 e. The highest BCUT2D eigenvalue weighted by Gasteiger charge is 2.35. The minimum atomic E-state index is -3.67. The van der Waals surface area contributed by atoms with Crippen LogP contribution in [0.2, 0.25) is 0 Å². The number of hydrogen-bond acceptors (Lipinski definition) is 7. The number of hydrogen-bond donors (Lipinski definition) is 1. The van der Waals surface area contributed by atoms with Crippen molar-refractivity contribution in [1.82, 2.24) is 19.8 Å². The Morgan fingerprint density at radius 3 is 2.61 bits per heavy atom. The molecule has 3 aliphatic rings. The summed E-state index contributed by atoms with van der Waals surface area (Å²) < 4.78 is 33.9. The zero-order valence-corrected chi connectivity index (χ0v) is 20.5. The molecule has 33 heavy (non-hydrogen) atoms. The number of piperidine rings is 1. The third-order valence-electron chi connectivity index (χ3n) is 7.28. The first-order chi connectivity index (χ1) is 16.0. The van der Waals surface area contributed by atoms with Gasteiger partial charge in [0.2, 0.25) is 17.6 Å². The quantitative estimate of drug-likeness (QED) is 0.644. The average molecular weight is 493 g/mol. The standard InChI is InChI=1S/C23H32N4O4S2/c28-22(24-19-10-2-1-3-11-19)17-9-6-12-27(14-17)33(29,30)20-13-18(15-32-20)21-25-23(31-26-21)16-7-4-5-8-16/h13,15-17,19H,1-12,14H2,(H,24,28)/t17-/m1/s1. The van der Waals surface area contributed by atoms with Crippen LogP contribution in [0.4, 0.5) is 0 Å². The van der Waals surface area contributed by atoms with Crippen molar-refractivity contribution in [2.24, 2.45) is 5.92 Å². The summed E-state index contributed by atoms with van der Waals surface area (Å²) >= 11 is 1.17. The molecule has 0 bridgehead atoms. The number of carbonyl (C=O) groups excluding carboxylic acids is 1. The second-order valence-corrected chi connectivity index (χ2v) is 12.7. The number of amides is 1. The largest absolute Gasteiger partial charge is 0.353 e. The minimum Gasteiger partial charge on any atom is -0.353 e. The van der Waals surface area contributed by atoms with Crippen LogP contribution < -0.4 is 5.32 Å². The normalized spacial score (nSPS) is 23.7. The number of nitrogens with one attached hydrogen (secondary N) is 1. The smallest absolute Gasteiger partial charge is 0.252 e. The van der Waals surface area contributed by atoms with Crippen molar-refractivity contribution in [1.29, 1.82) is 0 Å². The molecule has 180 valence electrons. The monoisotopic (exact) mass is 492 g/mol. The van der Waals surface area contributed by atoms with Crippen LogP contribution in [-0.4, -0.2) is 47.9 Å². The molecule has 2 saturated carbocycles. The van der Waals surface area contributed by atoms with E-state index in [4.69, 9.17) is 4.52 Å². The van der Waals surface area contributed by atoms with E-state index in [9.17, 15) is 13.2 Å². The Hall–Kier alpha value is -1.78. The molecular formula is C23H32N4O4S2. The molecule has 1 aliphatic heterocycles. The summed E-state index contributed by atoms with van der Waals surface area (Å²) in [6.45, 7) is 0.680. The molecule has 2 aliphatic carbocycles. The van der Waals surface area contributed by atoms with Gasteiger partial charge in [0.25, 0.3) is 10.0 Å². The Kier molecular flexibility index (Phi) is 6.85. The SMILES string of the molecule is O=C(NC1CCCCC1)[C@@H]1CCCN(S(=O)(=O)c2cc(-c3noc(C4CCCC4)n3)cs2)C1. The zero-order chi connectivity index (χ0) is 22.8. The van der Waals surface area contributed by atoms with Gasteiger partial charge in [0.15, 0.2) is 0 Å².